The molecular formula is C21H23N3O5S. The molecule has 1 saturated carbocycles. The Kier molecular flexibility index (Phi) is 4.67. The van der Waals surface area contributed by atoms with E-state index in [0.29, 0.717) is 43.3 Å². The maximum atomic E-state index is 13.1. The van der Waals surface area contributed by atoms with Gasteiger partial charge in [-0.2, -0.15) is 0 Å². The standard InChI is InChI=1S/C21H23N3O5S/c1-22-10-17(26)24(8-12-2-3-12)21-18(20(22)28)14-6-7-23(9-16(14)30-21)19(27)15-5-4-13(11-25)29-15/h4-5,12,25H,2-3,6-11H2,1H3. The van der Waals surface area contributed by atoms with E-state index in [4.69, 9.17) is 9.52 Å². The molecule has 158 valence electrons. The zero-order chi connectivity index (χ0) is 21.0. The number of amides is 3. The Bertz CT molecular complexity index is 1040. The van der Waals surface area contributed by atoms with Crippen molar-refractivity contribution in [1.29, 1.82) is 0 Å². The quantitative estimate of drug-likeness (QED) is 0.801. The van der Waals surface area contributed by atoms with Crippen LogP contribution in [0.4, 0.5) is 5.00 Å². The minimum atomic E-state index is -0.254. The molecule has 9 heteroatoms. The topological polar surface area (TPSA) is 94.3 Å². The van der Waals surface area contributed by atoms with Gasteiger partial charge < -0.3 is 24.2 Å². The highest BCUT2D eigenvalue weighted by molar-refractivity contribution is 7.17. The van der Waals surface area contributed by atoms with Gasteiger partial charge in [-0.3, -0.25) is 14.4 Å². The number of carbonyl (C=O) groups excluding carboxylic acids is 3. The third-order valence-electron chi connectivity index (χ3n) is 5.97. The van der Waals surface area contributed by atoms with Crippen molar-refractivity contribution in [3.05, 3.63) is 39.7 Å². The minimum absolute atomic E-state index is 0.0462. The molecule has 2 aromatic rings. The van der Waals surface area contributed by atoms with Crippen molar-refractivity contribution >= 4 is 34.1 Å². The van der Waals surface area contributed by atoms with Crippen LogP contribution >= 0.6 is 11.3 Å². The molecule has 5 rings (SSSR count). The maximum Gasteiger partial charge on any atom is 0.289 e. The van der Waals surface area contributed by atoms with E-state index in [0.717, 1.165) is 28.3 Å². The van der Waals surface area contributed by atoms with Crippen molar-refractivity contribution in [2.24, 2.45) is 5.92 Å². The van der Waals surface area contributed by atoms with E-state index in [1.165, 1.54) is 16.2 Å². The lowest BCUT2D eigenvalue weighted by Gasteiger charge is -2.26. The number of rotatable bonds is 4. The second-order valence-electron chi connectivity index (χ2n) is 8.19. The van der Waals surface area contributed by atoms with Gasteiger partial charge in [0.15, 0.2) is 5.76 Å². The number of carbonyl (C=O) groups is 3. The summed E-state index contributed by atoms with van der Waals surface area (Å²) in [5.74, 6) is 0.655. The van der Waals surface area contributed by atoms with Gasteiger partial charge in [-0.1, -0.05) is 0 Å². The SMILES string of the molecule is CN1CC(=O)N(CC2CC2)c2sc3c(c2C1=O)CCN(C(=O)c1ccc(CO)o1)C3. The number of furan rings is 1. The summed E-state index contributed by atoms with van der Waals surface area (Å²) in [6.07, 6.45) is 2.80. The summed E-state index contributed by atoms with van der Waals surface area (Å²) in [6, 6.07) is 3.16. The number of nitrogens with zero attached hydrogens (tertiary/aromatic N) is 3. The average molecular weight is 429 g/mol. The number of anilines is 1. The first-order chi connectivity index (χ1) is 14.5. The molecule has 0 saturated heterocycles. The number of likely N-dealkylation sites (N-methyl/N-ethyl adjacent to an activating group) is 1. The third kappa shape index (κ3) is 3.22. The number of thiophene rings is 1. The van der Waals surface area contributed by atoms with Gasteiger partial charge in [-0.15, -0.1) is 11.3 Å². The molecule has 0 unspecified atom stereocenters. The summed E-state index contributed by atoms with van der Waals surface area (Å²) >= 11 is 1.46. The van der Waals surface area contributed by atoms with Gasteiger partial charge >= 0.3 is 0 Å². The molecule has 2 aliphatic heterocycles. The Labute approximate surface area is 177 Å². The van der Waals surface area contributed by atoms with Gasteiger partial charge in [0.05, 0.1) is 12.1 Å². The van der Waals surface area contributed by atoms with Crippen molar-refractivity contribution in [2.45, 2.75) is 32.4 Å². The Morgan fingerprint density at radius 3 is 2.77 bits per heavy atom. The molecule has 8 nitrogen and oxygen atoms in total. The van der Waals surface area contributed by atoms with Gasteiger partial charge in [0, 0.05) is 25.0 Å². The van der Waals surface area contributed by atoms with Crippen molar-refractivity contribution in [1.82, 2.24) is 9.80 Å². The highest BCUT2D eigenvalue weighted by atomic mass is 32.1. The first-order valence-corrected chi connectivity index (χ1v) is 11.0. The summed E-state index contributed by atoms with van der Waals surface area (Å²) in [5, 5.41) is 9.90. The Morgan fingerprint density at radius 2 is 2.07 bits per heavy atom. The molecule has 0 radical (unpaired) electrons. The monoisotopic (exact) mass is 429 g/mol. The zero-order valence-corrected chi connectivity index (χ0v) is 17.5. The molecule has 30 heavy (non-hydrogen) atoms. The molecule has 4 heterocycles. The molecule has 3 aliphatic rings. The number of fused-ring (bicyclic) bond motifs is 3. The largest absolute Gasteiger partial charge is 0.453 e. The van der Waals surface area contributed by atoms with Crippen molar-refractivity contribution < 1.29 is 23.9 Å². The molecule has 1 aliphatic carbocycles. The number of hydrogen-bond donors (Lipinski definition) is 1. The van der Waals surface area contributed by atoms with Crippen LogP contribution in [-0.2, 0) is 24.4 Å². The lowest BCUT2D eigenvalue weighted by Crippen LogP contribution is -2.38. The highest BCUT2D eigenvalue weighted by Gasteiger charge is 2.39. The van der Waals surface area contributed by atoms with E-state index in [-0.39, 0.29) is 36.6 Å². The van der Waals surface area contributed by atoms with E-state index in [9.17, 15) is 14.4 Å². The van der Waals surface area contributed by atoms with E-state index in [1.54, 1.807) is 29.0 Å². The Balaban J connectivity index is 1.47. The average Bonchev–Trinajstić information content (AvgIpc) is 3.32. The predicted molar refractivity (Wildman–Crippen MR) is 109 cm³/mol. The Hall–Kier alpha value is -2.65. The van der Waals surface area contributed by atoms with Crippen LogP contribution in [0.15, 0.2) is 16.5 Å². The van der Waals surface area contributed by atoms with Gasteiger partial charge in [0.1, 0.15) is 23.9 Å². The summed E-state index contributed by atoms with van der Waals surface area (Å²) in [4.78, 5) is 44.7. The van der Waals surface area contributed by atoms with Crippen LogP contribution in [0, 0.1) is 5.92 Å². The van der Waals surface area contributed by atoms with Gasteiger partial charge in [-0.05, 0) is 42.9 Å². The number of hydrogen-bond acceptors (Lipinski definition) is 6. The molecule has 3 amide bonds. The maximum absolute atomic E-state index is 13.1. The number of aliphatic hydroxyl groups excluding tert-OH is 1. The fraction of sp³-hybridized carbons (Fsp3) is 0.476. The van der Waals surface area contributed by atoms with Crippen molar-refractivity contribution in [3.8, 4) is 0 Å². The van der Waals surface area contributed by atoms with Crippen LogP contribution < -0.4 is 4.90 Å². The molecule has 0 bridgehead atoms. The van der Waals surface area contributed by atoms with Gasteiger partial charge in [0.2, 0.25) is 5.91 Å². The molecule has 2 aromatic heterocycles. The van der Waals surface area contributed by atoms with Crippen molar-refractivity contribution in [2.75, 3.05) is 31.6 Å². The van der Waals surface area contributed by atoms with Gasteiger partial charge in [0.25, 0.3) is 11.8 Å². The normalized spacial score (nSPS) is 19.1. The molecule has 1 N–H and O–H groups in total. The third-order valence-corrected chi connectivity index (χ3v) is 7.21. The molecule has 0 atom stereocenters. The highest BCUT2D eigenvalue weighted by Crippen LogP contribution is 2.43. The van der Waals surface area contributed by atoms with Crippen molar-refractivity contribution in [3.63, 3.8) is 0 Å². The zero-order valence-electron chi connectivity index (χ0n) is 16.7. The molecule has 1 fully saturated rings. The first kappa shape index (κ1) is 19.3. The van der Waals surface area contributed by atoms with Crippen LogP contribution in [0.2, 0.25) is 0 Å². The van der Waals surface area contributed by atoms with Crippen LogP contribution in [0.5, 0.6) is 0 Å². The summed E-state index contributed by atoms with van der Waals surface area (Å²) in [7, 11) is 1.67. The molecule has 0 aromatic carbocycles. The van der Waals surface area contributed by atoms with Crippen LogP contribution in [0.25, 0.3) is 0 Å². The predicted octanol–water partition coefficient (Wildman–Crippen LogP) is 1.86. The van der Waals surface area contributed by atoms with E-state index in [1.807, 2.05) is 0 Å². The second-order valence-corrected chi connectivity index (χ2v) is 9.28. The molecular weight excluding hydrogens is 406 g/mol. The van der Waals surface area contributed by atoms with E-state index < -0.39 is 0 Å². The summed E-state index contributed by atoms with van der Waals surface area (Å²) < 4.78 is 5.40. The fourth-order valence-corrected chi connectivity index (χ4v) is 5.49. The van der Waals surface area contributed by atoms with Crippen LogP contribution in [-0.4, -0.2) is 59.3 Å². The van der Waals surface area contributed by atoms with Crippen LogP contribution in [0.3, 0.4) is 0 Å². The van der Waals surface area contributed by atoms with E-state index >= 15 is 0 Å². The second kappa shape index (κ2) is 7.24. The summed E-state index contributed by atoms with van der Waals surface area (Å²) in [5.41, 5.74) is 1.60. The Morgan fingerprint density at radius 1 is 1.27 bits per heavy atom. The lowest BCUT2D eigenvalue weighted by molar-refractivity contribution is -0.119. The van der Waals surface area contributed by atoms with Crippen LogP contribution in [0.1, 0.15) is 50.0 Å². The minimum Gasteiger partial charge on any atom is -0.453 e. The first-order valence-electron chi connectivity index (χ1n) is 10.2. The summed E-state index contributed by atoms with van der Waals surface area (Å²) in [6.45, 7) is 1.35. The van der Waals surface area contributed by atoms with E-state index in [2.05, 4.69) is 0 Å². The smallest absolute Gasteiger partial charge is 0.289 e. The lowest BCUT2D eigenvalue weighted by atomic mass is 10.0. The van der Waals surface area contributed by atoms with Gasteiger partial charge in [-0.25, -0.2) is 0 Å². The fourth-order valence-electron chi connectivity index (χ4n) is 4.11. The molecule has 0 spiro atoms. The number of aliphatic hydroxyl groups is 1.